The molecular formula is C14H12F2N2O4S. The number of amides is 1. The number of carbonyl (C=O) groups excluding carboxylic acids is 1. The van der Waals surface area contributed by atoms with Gasteiger partial charge in [-0.15, -0.1) is 0 Å². The molecule has 122 valence electrons. The molecule has 0 radical (unpaired) electrons. The van der Waals surface area contributed by atoms with Gasteiger partial charge in [-0.3, -0.25) is 9.52 Å². The highest BCUT2D eigenvalue weighted by molar-refractivity contribution is 7.92. The lowest BCUT2D eigenvalue weighted by atomic mass is 10.2. The number of sulfonamides is 1. The summed E-state index contributed by atoms with van der Waals surface area (Å²) in [4.78, 5) is 10.3. The molecule has 0 aromatic heterocycles. The molecular weight excluding hydrogens is 330 g/mol. The predicted molar refractivity (Wildman–Crippen MR) is 78.7 cm³/mol. The zero-order chi connectivity index (χ0) is 17.2. The van der Waals surface area contributed by atoms with Crippen molar-refractivity contribution in [1.82, 2.24) is 0 Å². The van der Waals surface area contributed by atoms with Crippen LogP contribution in [-0.2, 0) is 10.0 Å². The molecule has 23 heavy (non-hydrogen) atoms. The van der Waals surface area contributed by atoms with Crippen molar-refractivity contribution in [2.75, 3.05) is 11.8 Å². The summed E-state index contributed by atoms with van der Waals surface area (Å²) >= 11 is 0. The summed E-state index contributed by atoms with van der Waals surface area (Å²) in [5.74, 6) is -2.74. The first kappa shape index (κ1) is 16.7. The molecule has 0 spiro atoms. The Hall–Kier alpha value is -2.68. The smallest absolute Gasteiger partial charge is 0.265 e. The summed E-state index contributed by atoms with van der Waals surface area (Å²) < 4.78 is 58.3. The lowest BCUT2D eigenvalue weighted by Gasteiger charge is -2.13. The van der Waals surface area contributed by atoms with E-state index in [1.807, 2.05) is 0 Å². The number of carbonyl (C=O) groups is 1. The lowest BCUT2D eigenvalue weighted by Crippen LogP contribution is -2.17. The zero-order valence-electron chi connectivity index (χ0n) is 11.8. The molecule has 0 saturated heterocycles. The Balaban J connectivity index is 2.50. The van der Waals surface area contributed by atoms with Gasteiger partial charge in [-0.05, 0) is 36.4 Å². The molecule has 0 aliphatic heterocycles. The van der Waals surface area contributed by atoms with Crippen molar-refractivity contribution in [3.05, 3.63) is 53.6 Å². The first-order valence-electron chi connectivity index (χ1n) is 6.20. The second kappa shape index (κ2) is 6.21. The third-order valence-corrected chi connectivity index (χ3v) is 4.29. The van der Waals surface area contributed by atoms with Gasteiger partial charge < -0.3 is 10.5 Å². The molecule has 0 unspecified atom stereocenters. The highest BCUT2D eigenvalue weighted by atomic mass is 32.2. The van der Waals surface area contributed by atoms with Crippen LogP contribution in [0, 0.1) is 11.6 Å². The Labute approximate surface area is 130 Å². The number of rotatable bonds is 5. The van der Waals surface area contributed by atoms with E-state index in [2.05, 4.69) is 4.72 Å². The van der Waals surface area contributed by atoms with Gasteiger partial charge in [-0.2, -0.15) is 0 Å². The van der Waals surface area contributed by atoms with Gasteiger partial charge >= 0.3 is 0 Å². The quantitative estimate of drug-likeness (QED) is 0.866. The fourth-order valence-electron chi connectivity index (χ4n) is 1.82. The van der Waals surface area contributed by atoms with Crippen molar-refractivity contribution in [2.24, 2.45) is 5.73 Å². The molecule has 2 rings (SSSR count). The Morgan fingerprint density at radius 3 is 2.48 bits per heavy atom. The molecule has 2 aromatic carbocycles. The third-order valence-electron chi connectivity index (χ3n) is 2.91. The Morgan fingerprint density at radius 2 is 1.87 bits per heavy atom. The summed E-state index contributed by atoms with van der Waals surface area (Å²) in [5.41, 5.74) is 5.01. The van der Waals surface area contributed by atoms with E-state index < -0.39 is 32.5 Å². The average molecular weight is 342 g/mol. The van der Waals surface area contributed by atoms with Crippen LogP contribution < -0.4 is 15.2 Å². The largest absolute Gasteiger partial charge is 0.495 e. The van der Waals surface area contributed by atoms with Gasteiger partial charge in [0.1, 0.15) is 22.3 Å². The number of hydrogen-bond donors (Lipinski definition) is 2. The van der Waals surface area contributed by atoms with Crippen molar-refractivity contribution in [1.29, 1.82) is 0 Å². The summed E-state index contributed by atoms with van der Waals surface area (Å²) in [5, 5.41) is 0. The molecule has 0 aliphatic rings. The second-order valence-corrected chi connectivity index (χ2v) is 6.11. The van der Waals surface area contributed by atoms with E-state index in [1.165, 1.54) is 19.2 Å². The standard InChI is InChI=1S/C14H12F2N2O4S/c1-22-12-5-2-8(14(17)19)6-11(12)18-23(20,21)13-7-9(15)3-4-10(13)16/h2-7,18H,1H3,(H2,17,19). The number of nitrogens with two attached hydrogens (primary N) is 1. The van der Waals surface area contributed by atoms with Gasteiger partial charge in [0.05, 0.1) is 12.8 Å². The Bertz CT molecular complexity index is 869. The number of benzene rings is 2. The van der Waals surface area contributed by atoms with Crippen molar-refractivity contribution >= 4 is 21.6 Å². The third kappa shape index (κ3) is 3.57. The SMILES string of the molecule is COc1ccc(C(N)=O)cc1NS(=O)(=O)c1cc(F)ccc1F. The van der Waals surface area contributed by atoms with Crippen molar-refractivity contribution in [3.63, 3.8) is 0 Å². The van der Waals surface area contributed by atoms with Gasteiger partial charge in [0.15, 0.2) is 0 Å². The number of hydrogen-bond acceptors (Lipinski definition) is 4. The van der Waals surface area contributed by atoms with E-state index in [-0.39, 0.29) is 17.0 Å². The molecule has 0 fully saturated rings. The Morgan fingerprint density at radius 1 is 1.17 bits per heavy atom. The fourth-order valence-corrected chi connectivity index (χ4v) is 2.98. The van der Waals surface area contributed by atoms with E-state index in [9.17, 15) is 22.0 Å². The molecule has 2 aromatic rings. The van der Waals surface area contributed by atoms with Crippen molar-refractivity contribution in [3.8, 4) is 5.75 Å². The molecule has 0 atom stereocenters. The summed E-state index contributed by atoms with van der Waals surface area (Å²) in [6.45, 7) is 0. The maximum Gasteiger partial charge on any atom is 0.265 e. The number of halogens is 2. The molecule has 0 saturated carbocycles. The Kier molecular flexibility index (Phi) is 4.50. The van der Waals surface area contributed by atoms with Gasteiger partial charge in [0, 0.05) is 5.56 Å². The second-order valence-electron chi connectivity index (χ2n) is 4.46. The normalized spacial score (nSPS) is 11.1. The van der Waals surface area contributed by atoms with Crippen molar-refractivity contribution in [2.45, 2.75) is 4.90 Å². The molecule has 3 N–H and O–H groups in total. The van der Waals surface area contributed by atoms with Crippen LogP contribution in [0.15, 0.2) is 41.3 Å². The van der Waals surface area contributed by atoms with Crippen LogP contribution >= 0.6 is 0 Å². The van der Waals surface area contributed by atoms with E-state index in [1.54, 1.807) is 0 Å². The fraction of sp³-hybridized carbons (Fsp3) is 0.0714. The van der Waals surface area contributed by atoms with Gasteiger partial charge in [0.2, 0.25) is 5.91 Å². The van der Waals surface area contributed by atoms with Crippen LogP contribution in [0.4, 0.5) is 14.5 Å². The monoisotopic (exact) mass is 342 g/mol. The number of nitrogens with one attached hydrogen (secondary N) is 1. The first-order valence-corrected chi connectivity index (χ1v) is 7.68. The van der Waals surface area contributed by atoms with E-state index in [0.29, 0.717) is 12.1 Å². The maximum absolute atomic E-state index is 13.7. The molecule has 0 aliphatic carbocycles. The summed E-state index contributed by atoms with van der Waals surface area (Å²) in [7, 11) is -3.16. The molecule has 1 amide bonds. The topological polar surface area (TPSA) is 98.5 Å². The molecule has 6 nitrogen and oxygen atoms in total. The van der Waals surface area contributed by atoms with Crippen LogP contribution in [-0.4, -0.2) is 21.4 Å². The summed E-state index contributed by atoms with van der Waals surface area (Å²) in [6.07, 6.45) is 0. The van der Waals surface area contributed by atoms with Gasteiger partial charge in [-0.25, -0.2) is 17.2 Å². The number of anilines is 1. The zero-order valence-corrected chi connectivity index (χ0v) is 12.7. The molecule has 9 heteroatoms. The molecule has 0 heterocycles. The number of primary amides is 1. The average Bonchev–Trinajstić information content (AvgIpc) is 2.49. The van der Waals surface area contributed by atoms with E-state index >= 15 is 0 Å². The highest BCUT2D eigenvalue weighted by Gasteiger charge is 2.22. The number of methoxy groups -OCH3 is 1. The van der Waals surface area contributed by atoms with Crippen LogP contribution in [0.5, 0.6) is 5.75 Å². The van der Waals surface area contributed by atoms with Crippen LogP contribution in [0.25, 0.3) is 0 Å². The molecule has 0 bridgehead atoms. The predicted octanol–water partition coefficient (Wildman–Crippen LogP) is 1.87. The van der Waals surface area contributed by atoms with E-state index in [4.69, 9.17) is 10.5 Å². The highest BCUT2D eigenvalue weighted by Crippen LogP contribution is 2.28. The van der Waals surface area contributed by atoms with Crippen LogP contribution in [0.3, 0.4) is 0 Å². The van der Waals surface area contributed by atoms with Gasteiger partial charge in [0.25, 0.3) is 10.0 Å². The minimum Gasteiger partial charge on any atom is -0.495 e. The number of ether oxygens (including phenoxy) is 1. The maximum atomic E-state index is 13.7. The lowest BCUT2D eigenvalue weighted by molar-refractivity contribution is 0.100. The van der Waals surface area contributed by atoms with Crippen molar-refractivity contribution < 1.29 is 26.7 Å². The van der Waals surface area contributed by atoms with Crippen LogP contribution in [0.1, 0.15) is 10.4 Å². The first-order chi connectivity index (χ1) is 10.7. The van der Waals surface area contributed by atoms with E-state index in [0.717, 1.165) is 12.1 Å². The minimum absolute atomic E-state index is 0.0169. The minimum atomic E-state index is -4.44. The summed E-state index contributed by atoms with van der Waals surface area (Å²) in [6, 6.07) is 5.82. The van der Waals surface area contributed by atoms with Crippen LogP contribution in [0.2, 0.25) is 0 Å². The van der Waals surface area contributed by atoms with Gasteiger partial charge in [-0.1, -0.05) is 0 Å².